The lowest BCUT2D eigenvalue weighted by molar-refractivity contribution is -0.144. The number of para-hydroxylation sites is 1. The number of amides is 2. The summed E-state index contributed by atoms with van der Waals surface area (Å²) in [6, 6.07) is 16.9. The van der Waals surface area contributed by atoms with Gasteiger partial charge in [0.05, 0.1) is 27.6 Å². The molecule has 246 valence electrons. The number of rotatable bonds is 8. The van der Waals surface area contributed by atoms with Crippen LogP contribution in [0.3, 0.4) is 0 Å². The van der Waals surface area contributed by atoms with Gasteiger partial charge in [-0.15, -0.1) is 11.3 Å². The maximum absolute atomic E-state index is 14.3. The van der Waals surface area contributed by atoms with Crippen LogP contribution in [0.1, 0.15) is 64.7 Å². The van der Waals surface area contributed by atoms with Crippen LogP contribution in [0, 0.1) is 12.3 Å². The van der Waals surface area contributed by atoms with E-state index in [2.05, 4.69) is 5.32 Å². The molecule has 7 N–H and O–H groups in total. The average molecular weight is 656 g/mol. The maximum Gasteiger partial charge on any atom is 0.262 e. The number of carbonyl (C=O) groups is 3. The summed E-state index contributed by atoms with van der Waals surface area (Å²) >= 11 is 1.21. The molecule has 0 spiro atoms. The van der Waals surface area contributed by atoms with Crippen LogP contribution in [0.25, 0.3) is 10.1 Å². The summed E-state index contributed by atoms with van der Waals surface area (Å²) in [7, 11) is 1.58. The van der Waals surface area contributed by atoms with Crippen molar-refractivity contribution in [2.75, 3.05) is 32.5 Å². The van der Waals surface area contributed by atoms with E-state index in [1.165, 1.54) is 11.3 Å². The summed E-state index contributed by atoms with van der Waals surface area (Å²) in [6.45, 7) is 6.89. The lowest BCUT2D eigenvalue weighted by Crippen LogP contribution is -2.54. The van der Waals surface area contributed by atoms with Gasteiger partial charge in [0.15, 0.2) is 5.78 Å². The normalized spacial score (nSPS) is 21.1. The van der Waals surface area contributed by atoms with Crippen LogP contribution in [-0.2, 0) is 19.9 Å². The lowest BCUT2D eigenvalue weighted by Gasteiger charge is -2.38. The minimum absolute atomic E-state index is 0.0190. The number of thiophene rings is 1. The monoisotopic (exact) mass is 655 g/mol. The SMILES string of the molecule is COCC(C)(C)C(=O)N1CCCC(NC(=O)c2sc3c(N)ccc4c3c2C(N)C(=O)C4(N)c2ccc(Oc3ccccc3)cc2C)C1. The van der Waals surface area contributed by atoms with Crippen LogP contribution in [-0.4, -0.2) is 55.3 Å². The standard InChI is InChI=1S/C36H41N5O5S/c1-20-17-23(46-22-10-6-5-7-11-22)12-13-24(20)36(39)25-14-15-26(37)30-27(25)28(29(38)32(36)42)31(47-30)33(43)40-21-9-8-16-41(18-21)34(44)35(2,3)19-45-4/h5-7,10-15,17,21,29H,8-9,16,18-19,37-39H2,1-4H3,(H,40,43). The maximum atomic E-state index is 14.3. The molecule has 2 aliphatic rings. The second-order valence-electron chi connectivity index (χ2n) is 13.2. The van der Waals surface area contributed by atoms with Gasteiger partial charge in [-0.25, -0.2) is 0 Å². The molecule has 0 radical (unpaired) electrons. The zero-order valence-electron chi connectivity index (χ0n) is 27.1. The van der Waals surface area contributed by atoms with Crippen LogP contribution in [0.15, 0.2) is 60.7 Å². The fourth-order valence-corrected chi connectivity index (χ4v) is 8.18. The van der Waals surface area contributed by atoms with Crippen LogP contribution in [0.5, 0.6) is 11.5 Å². The Hall–Kier alpha value is -4.29. The number of anilines is 1. The van der Waals surface area contributed by atoms with E-state index in [-0.39, 0.29) is 17.9 Å². The third-order valence-corrected chi connectivity index (χ3v) is 10.5. The van der Waals surface area contributed by atoms with Crippen molar-refractivity contribution in [1.82, 2.24) is 10.2 Å². The van der Waals surface area contributed by atoms with Crippen molar-refractivity contribution in [2.24, 2.45) is 16.9 Å². The minimum atomic E-state index is -1.58. The average Bonchev–Trinajstić information content (AvgIpc) is 3.46. The van der Waals surface area contributed by atoms with E-state index in [9.17, 15) is 14.4 Å². The van der Waals surface area contributed by atoms with Crippen LogP contribution < -0.4 is 27.3 Å². The Labute approximate surface area is 278 Å². The van der Waals surface area contributed by atoms with Gasteiger partial charge in [0, 0.05) is 42.9 Å². The van der Waals surface area contributed by atoms with E-state index in [0.717, 1.165) is 12.0 Å². The number of methoxy groups -OCH3 is 1. The van der Waals surface area contributed by atoms with Crippen molar-refractivity contribution >= 4 is 44.7 Å². The highest BCUT2D eigenvalue weighted by Crippen LogP contribution is 2.50. The largest absolute Gasteiger partial charge is 0.457 e. The smallest absolute Gasteiger partial charge is 0.262 e. The zero-order chi connectivity index (χ0) is 33.7. The number of Topliss-reactive ketones (excluding diaryl/α,β-unsaturated/α-hetero) is 1. The number of likely N-dealkylation sites (tertiary alicyclic amines) is 1. The quantitative estimate of drug-likeness (QED) is 0.198. The van der Waals surface area contributed by atoms with Gasteiger partial charge in [-0.2, -0.15) is 0 Å². The second kappa shape index (κ2) is 12.4. The summed E-state index contributed by atoms with van der Waals surface area (Å²) in [5.41, 5.74) is 20.8. The van der Waals surface area contributed by atoms with E-state index in [4.69, 9.17) is 26.7 Å². The van der Waals surface area contributed by atoms with E-state index in [1.54, 1.807) is 36.3 Å². The first kappa shape index (κ1) is 32.6. The molecule has 4 aromatic rings. The number of nitrogens with one attached hydrogen (secondary N) is 1. The lowest BCUT2D eigenvalue weighted by atomic mass is 9.69. The van der Waals surface area contributed by atoms with Crippen LogP contribution in [0.4, 0.5) is 5.69 Å². The Bertz CT molecular complexity index is 1870. The molecule has 1 aliphatic heterocycles. The fourth-order valence-electron chi connectivity index (χ4n) is 6.98. The van der Waals surface area contributed by atoms with Gasteiger partial charge >= 0.3 is 0 Å². The number of benzene rings is 3. The number of nitrogens with zero attached hydrogens (tertiary/aromatic N) is 1. The van der Waals surface area contributed by atoms with Crippen molar-refractivity contribution in [3.63, 3.8) is 0 Å². The summed E-state index contributed by atoms with van der Waals surface area (Å²) in [5, 5.41) is 3.76. The minimum Gasteiger partial charge on any atom is -0.457 e. The molecule has 1 fully saturated rings. The van der Waals surface area contributed by atoms with Gasteiger partial charge in [0.2, 0.25) is 5.91 Å². The molecule has 0 bridgehead atoms. The number of nitrogens with two attached hydrogens (primary N) is 3. The Morgan fingerprint density at radius 2 is 1.81 bits per heavy atom. The fraction of sp³-hybridized carbons (Fsp3) is 0.361. The number of piperidine rings is 1. The number of ketones is 1. The molecule has 2 amide bonds. The van der Waals surface area contributed by atoms with Crippen LogP contribution in [0.2, 0.25) is 0 Å². The summed E-state index contributed by atoms with van der Waals surface area (Å²) < 4.78 is 11.9. The number of hydrogen-bond donors (Lipinski definition) is 4. The van der Waals surface area contributed by atoms with Crippen LogP contribution >= 0.6 is 11.3 Å². The molecule has 1 aliphatic carbocycles. The molecule has 0 saturated carbocycles. The summed E-state index contributed by atoms with van der Waals surface area (Å²) in [4.78, 5) is 43.6. The first-order valence-electron chi connectivity index (χ1n) is 15.7. The number of ether oxygens (including phenoxy) is 2. The summed E-state index contributed by atoms with van der Waals surface area (Å²) in [6.07, 6.45) is 1.46. The van der Waals surface area contributed by atoms with E-state index in [0.29, 0.717) is 75.0 Å². The highest BCUT2D eigenvalue weighted by Gasteiger charge is 2.49. The van der Waals surface area contributed by atoms with Crippen molar-refractivity contribution in [3.05, 3.63) is 87.8 Å². The van der Waals surface area contributed by atoms with Gasteiger partial charge < -0.3 is 36.9 Å². The molecule has 1 saturated heterocycles. The molecule has 3 unspecified atom stereocenters. The molecule has 1 aromatic heterocycles. The van der Waals surface area contributed by atoms with Crippen molar-refractivity contribution < 1.29 is 23.9 Å². The van der Waals surface area contributed by atoms with E-state index in [1.807, 2.05) is 57.2 Å². The van der Waals surface area contributed by atoms with Gasteiger partial charge in [-0.3, -0.25) is 14.4 Å². The summed E-state index contributed by atoms with van der Waals surface area (Å²) in [5.74, 6) is 0.506. The number of hydrogen-bond acceptors (Lipinski definition) is 9. The molecule has 6 rings (SSSR count). The number of carbonyl (C=O) groups excluding carboxylic acids is 3. The third kappa shape index (κ3) is 5.67. The first-order valence-corrected chi connectivity index (χ1v) is 16.6. The Morgan fingerprint density at radius 1 is 1.09 bits per heavy atom. The first-order chi connectivity index (χ1) is 22.4. The highest BCUT2D eigenvalue weighted by molar-refractivity contribution is 7.21. The van der Waals surface area contributed by atoms with E-state index < -0.39 is 22.8 Å². The topological polar surface area (TPSA) is 163 Å². The molecular formula is C36H41N5O5S. The Kier molecular flexibility index (Phi) is 8.60. The molecular weight excluding hydrogens is 614 g/mol. The zero-order valence-corrected chi connectivity index (χ0v) is 27.9. The predicted octanol–water partition coefficient (Wildman–Crippen LogP) is 4.76. The Balaban J connectivity index is 1.34. The second-order valence-corrected chi connectivity index (χ2v) is 14.2. The van der Waals surface area contributed by atoms with Crippen molar-refractivity contribution in [2.45, 2.75) is 51.2 Å². The molecule has 3 aromatic carbocycles. The van der Waals surface area contributed by atoms with Crippen molar-refractivity contribution in [3.8, 4) is 11.5 Å². The number of nitrogen functional groups attached to an aromatic ring is 1. The molecule has 3 atom stereocenters. The molecule has 47 heavy (non-hydrogen) atoms. The van der Waals surface area contributed by atoms with E-state index >= 15 is 0 Å². The third-order valence-electron chi connectivity index (χ3n) is 9.25. The van der Waals surface area contributed by atoms with Gasteiger partial charge in [0.25, 0.3) is 5.91 Å². The Morgan fingerprint density at radius 3 is 2.51 bits per heavy atom. The van der Waals surface area contributed by atoms with Gasteiger partial charge in [-0.1, -0.05) is 30.3 Å². The van der Waals surface area contributed by atoms with Gasteiger partial charge in [0.1, 0.15) is 17.0 Å². The molecule has 11 heteroatoms. The highest BCUT2D eigenvalue weighted by atomic mass is 32.1. The van der Waals surface area contributed by atoms with Crippen molar-refractivity contribution in [1.29, 1.82) is 0 Å². The van der Waals surface area contributed by atoms with Gasteiger partial charge in [-0.05, 0) is 80.6 Å². The predicted molar refractivity (Wildman–Crippen MR) is 184 cm³/mol. The number of aryl methyl sites for hydroxylation is 1. The molecule has 2 heterocycles. The molecule has 10 nitrogen and oxygen atoms in total.